The van der Waals surface area contributed by atoms with Gasteiger partial charge in [0.25, 0.3) is 5.91 Å². The van der Waals surface area contributed by atoms with E-state index in [1.807, 2.05) is 18.2 Å². The smallest absolute Gasteiger partial charge is 0.303 e. The number of rotatable bonds is 7. The number of aliphatic carboxylic acids is 1. The molecule has 1 amide bonds. The third-order valence-electron chi connectivity index (χ3n) is 2.09. The first-order chi connectivity index (χ1) is 8.59. The van der Waals surface area contributed by atoms with Crippen LogP contribution in [-0.2, 0) is 9.59 Å². The van der Waals surface area contributed by atoms with Crippen LogP contribution in [0.15, 0.2) is 28.7 Å². The second-order valence-electron chi connectivity index (χ2n) is 3.57. The molecule has 18 heavy (non-hydrogen) atoms. The summed E-state index contributed by atoms with van der Waals surface area (Å²) in [4.78, 5) is 21.6. The highest BCUT2D eigenvalue weighted by atomic mass is 79.9. The van der Waals surface area contributed by atoms with Crippen molar-refractivity contribution in [2.75, 3.05) is 13.2 Å². The molecule has 0 heterocycles. The summed E-state index contributed by atoms with van der Waals surface area (Å²) in [6.45, 7) is 0.250. The second-order valence-corrected chi connectivity index (χ2v) is 4.42. The quantitative estimate of drug-likeness (QED) is 0.752. The van der Waals surface area contributed by atoms with Gasteiger partial charge in [-0.25, -0.2) is 0 Å². The van der Waals surface area contributed by atoms with E-state index < -0.39 is 5.97 Å². The summed E-state index contributed by atoms with van der Waals surface area (Å²) >= 11 is 3.30. The predicted molar refractivity (Wildman–Crippen MR) is 69.5 cm³/mol. The van der Waals surface area contributed by atoms with E-state index >= 15 is 0 Å². The molecule has 0 atom stereocenters. The summed E-state index contributed by atoms with van der Waals surface area (Å²) in [5, 5.41) is 11.0. The summed E-state index contributed by atoms with van der Waals surface area (Å²) < 4.78 is 6.08. The lowest BCUT2D eigenvalue weighted by Gasteiger charge is -2.08. The van der Waals surface area contributed by atoms with Crippen LogP contribution >= 0.6 is 15.9 Å². The molecule has 0 aliphatic heterocycles. The van der Waals surface area contributed by atoms with Crippen LogP contribution in [0, 0.1) is 0 Å². The molecule has 6 heteroatoms. The molecule has 2 N–H and O–H groups in total. The van der Waals surface area contributed by atoms with Gasteiger partial charge in [0.15, 0.2) is 6.61 Å². The maximum absolute atomic E-state index is 11.4. The molecule has 98 valence electrons. The van der Waals surface area contributed by atoms with Crippen molar-refractivity contribution in [3.05, 3.63) is 28.7 Å². The number of halogens is 1. The van der Waals surface area contributed by atoms with Gasteiger partial charge in [0.2, 0.25) is 0 Å². The van der Waals surface area contributed by atoms with E-state index in [-0.39, 0.29) is 18.9 Å². The normalized spacial score (nSPS) is 9.83. The van der Waals surface area contributed by atoms with Gasteiger partial charge >= 0.3 is 5.97 Å². The minimum Gasteiger partial charge on any atom is -0.483 e. The number of para-hydroxylation sites is 1. The van der Waals surface area contributed by atoms with Crippen LogP contribution in [0.25, 0.3) is 0 Å². The van der Waals surface area contributed by atoms with Crippen molar-refractivity contribution in [1.29, 1.82) is 0 Å². The number of hydrogen-bond acceptors (Lipinski definition) is 3. The van der Waals surface area contributed by atoms with Gasteiger partial charge in [-0.05, 0) is 34.5 Å². The van der Waals surface area contributed by atoms with Gasteiger partial charge in [-0.15, -0.1) is 0 Å². The highest BCUT2D eigenvalue weighted by Gasteiger charge is 2.05. The minimum absolute atomic E-state index is 0.0470. The fourth-order valence-corrected chi connectivity index (χ4v) is 1.62. The van der Waals surface area contributed by atoms with Crippen molar-refractivity contribution in [1.82, 2.24) is 5.32 Å². The number of amides is 1. The molecular formula is C12H14BrNO4. The number of carbonyl (C=O) groups is 2. The van der Waals surface area contributed by atoms with Crippen LogP contribution in [0.3, 0.4) is 0 Å². The lowest BCUT2D eigenvalue weighted by atomic mass is 10.3. The van der Waals surface area contributed by atoms with Gasteiger partial charge in [0.1, 0.15) is 5.75 Å². The Morgan fingerprint density at radius 3 is 2.72 bits per heavy atom. The monoisotopic (exact) mass is 315 g/mol. The summed E-state index contributed by atoms with van der Waals surface area (Å²) in [6, 6.07) is 7.23. The molecule has 0 bridgehead atoms. The lowest BCUT2D eigenvalue weighted by Crippen LogP contribution is -2.30. The van der Waals surface area contributed by atoms with Crippen LogP contribution in [0.5, 0.6) is 5.75 Å². The van der Waals surface area contributed by atoms with Crippen LogP contribution in [0.2, 0.25) is 0 Å². The van der Waals surface area contributed by atoms with E-state index in [4.69, 9.17) is 9.84 Å². The SMILES string of the molecule is O=C(O)CCCNC(=O)COc1ccccc1Br. The Bertz CT molecular complexity index is 422. The Balaban J connectivity index is 2.21. The van der Waals surface area contributed by atoms with Gasteiger partial charge in [0, 0.05) is 13.0 Å². The second kappa shape index (κ2) is 7.71. The van der Waals surface area contributed by atoms with E-state index in [0.717, 1.165) is 4.47 Å². The van der Waals surface area contributed by atoms with Crippen molar-refractivity contribution in [2.24, 2.45) is 0 Å². The predicted octanol–water partition coefficient (Wildman–Crippen LogP) is 1.81. The van der Waals surface area contributed by atoms with E-state index in [1.165, 1.54) is 0 Å². The van der Waals surface area contributed by atoms with Gasteiger partial charge in [-0.1, -0.05) is 12.1 Å². The first-order valence-electron chi connectivity index (χ1n) is 5.45. The Morgan fingerprint density at radius 2 is 2.06 bits per heavy atom. The highest BCUT2D eigenvalue weighted by Crippen LogP contribution is 2.23. The molecular weight excluding hydrogens is 302 g/mol. The van der Waals surface area contributed by atoms with Crippen LogP contribution in [0.1, 0.15) is 12.8 Å². The molecule has 1 aromatic carbocycles. The maximum Gasteiger partial charge on any atom is 0.303 e. The largest absolute Gasteiger partial charge is 0.483 e. The first-order valence-corrected chi connectivity index (χ1v) is 6.24. The fraction of sp³-hybridized carbons (Fsp3) is 0.333. The zero-order valence-electron chi connectivity index (χ0n) is 9.69. The lowest BCUT2D eigenvalue weighted by molar-refractivity contribution is -0.137. The van der Waals surface area contributed by atoms with Crippen molar-refractivity contribution >= 4 is 27.8 Å². The molecule has 0 aliphatic rings. The van der Waals surface area contributed by atoms with E-state index in [1.54, 1.807) is 6.07 Å². The zero-order valence-corrected chi connectivity index (χ0v) is 11.3. The first kappa shape index (κ1) is 14.5. The van der Waals surface area contributed by atoms with Gasteiger partial charge in [-0.3, -0.25) is 9.59 Å². The molecule has 1 rings (SSSR count). The molecule has 0 saturated heterocycles. The number of nitrogens with one attached hydrogen (secondary N) is 1. The van der Waals surface area contributed by atoms with E-state index in [0.29, 0.717) is 18.7 Å². The Kier molecular flexibility index (Phi) is 6.21. The number of benzene rings is 1. The molecule has 0 fully saturated rings. The molecule has 0 aromatic heterocycles. The molecule has 0 aliphatic carbocycles. The van der Waals surface area contributed by atoms with Crippen molar-refractivity contribution in [3.8, 4) is 5.75 Å². The average molecular weight is 316 g/mol. The van der Waals surface area contributed by atoms with Crippen LogP contribution in [0.4, 0.5) is 0 Å². The zero-order chi connectivity index (χ0) is 13.4. The Hall–Kier alpha value is -1.56. The molecule has 0 spiro atoms. The summed E-state index contributed by atoms with van der Waals surface area (Å²) in [5.41, 5.74) is 0. The molecule has 0 unspecified atom stereocenters. The van der Waals surface area contributed by atoms with Gasteiger partial charge in [0.05, 0.1) is 4.47 Å². The fourth-order valence-electron chi connectivity index (χ4n) is 1.22. The number of ether oxygens (including phenoxy) is 1. The van der Waals surface area contributed by atoms with Crippen LogP contribution < -0.4 is 10.1 Å². The topological polar surface area (TPSA) is 75.6 Å². The summed E-state index contributed by atoms with van der Waals surface area (Å²) in [5.74, 6) is -0.539. The van der Waals surface area contributed by atoms with Crippen molar-refractivity contribution in [2.45, 2.75) is 12.8 Å². The third kappa shape index (κ3) is 5.67. The van der Waals surface area contributed by atoms with E-state index in [2.05, 4.69) is 21.2 Å². The van der Waals surface area contributed by atoms with Gasteiger partial charge < -0.3 is 15.2 Å². The Morgan fingerprint density at radius 1 is 1.33 bits per heavy atom. The van der Waals surface area contributed by atoms with Crippen LogP contribution in [-0.4, -0.2) is 30.1 Å². The standard InChI is InChI=1S/C12H14BrNO4/c13-9-4-1-2-5-10(9)18-8-11(15)14-7-3-6-12(16)17/h1-2,4-5H,3,6-8H2,(H,14,15)(H,16,17). The summed E-state index contributed by atoms with van der Waals surface area (Å²) in [6.07, 6.45) is 0.460. The molecule has 1 aromatic rings. The Labute approximate surface area is 113 Å². The van der Waals surface area contributed by atoms with Crippen molar-refractivity contribution < 1.29 is 19.4 Å². The highest BCUT2D eigenvalue weighted by molar-refractivity contribution is 9.10. The maximum atomic E-state index is 11.4. The third-order valence-corrected chi connectivity index (χ3v) is 2.74. The minimum atomic E-state index is -0.867. The average Bonchev–Trinajstić information content (AvgIpc) is 2.33. The molecule has 0 radical (unpaired) electrons. The van der Waals surface area contributed by atoms with Crippen molar-refractivity contribution in [3.63, 3.8) is 0 Å². The number of hydrogen-bond donors (Lipinski definition) is 2. The number of carboxylic acid groups (broad SMARTS) is 1. The van der Waals surface area contributed by atoms with Gasteiger partial charge in [-0.2, -0.15) is 0 Å². The summed E-state index contributed by atoms with van der Waals surface area (Å²) in [7, 11) is 0. The number of carboxylic acids is 1. The molecule has 0 saturated carbocycles. The molecule has 5 nitrogen and oxygen atoms in total. The number of carbonyl (C=O) groups excluding carboxylic acids is 1. The van der Waals surface area contributed by atoms with E-state index in [9.17, 15) is 9.59 Å².